The van der Waals surface area contributed by atoms with Crippen LogP contribution in [-0.2, 0) is 14.8 Å². The van der Waals surface area contributed by atoms with Crippen LogP contribution in [0.4, 0.5) is 5.69 Å². The number of halogens is 2. The van der Waals surface area contributed by atoms with Gasteiger partial charge in [0.1, 0.15) is 5.51 Å². The van der Waals surface area contributed by atoms with Crippen LogP contribution in [0.15, 0.2) is 26.9 Å². The first kappa shape index (κ1) is 17.4. The molecule has 0 unspecified atom stereocenters. The van der Waals surface area contributed by atoms with E-state index >= 15 is 0 Å². The smallest absolute Gasteiger partial charge is 0.238 e. The van der Waals surface area contributed by atoms with Gasteiger partial charge in [0.25, 0.3) is 0 Å². The van der Waals surface area contributed by atoms with Crippen molar-refractivity contribution in [2.24, 2.45) is 5.14 Å². The van der Waals surface area contributed by atoms with E-state index in [2.05, 4.69) is 15.5 Å². The molecule has 118 valence electrons. The maximum atomic E-state index is 11.9. The minimum atomic E-state index is -3.93. The molecule has 1 aromatic carbocycles. The van der Waals surface area contributed by atoms with E-state index in [1.165, 1.54) is 23.1 Å². The molecule has 2 rings (SSSR count). The second kappa shape index (κ2) is 7.11. The number of hydrogen-bond donors (Lipinski definition) is 2. The van der Waals surface area contributed by atoms with Gasteiger partial charge >= 0.3 is 0 Å². The number of carbonyl (C=O) groups is 1. The van der Waals surface area contributed by atoms with Gasteiger partial charge in [-0.25, -0.2) is 13.6 Å². The van der Waals surface area contributed by atoms with E-state index in [1.54, 1.807) is 5.51 Å². The molecule has 0 saturated carbocycles. The van der Waals surface area contributed by atoms with Crippen molar-refractivity contribution in [1.82, 2.24) is 10.2 Å². The Morgan fingerprint density at radius 3 is 2.50 bits per heavy atom. The van der Waals surface area contributed by atoms with Crippen LogP contribution in [0.5, 0.6) is 0 Å². The summed E-state index contributed by atoms with van der Waals surface area (Å²) in [5.74, 6) is -0.286. The molecule has 1 aromatic heterocycles. The highest BCUT2D eigenvalue weighted by Gasteiger charge is 2.16. The van der Waals surface area contributed by atoms with Gasteiger partial charge in [-0.15, -0.1) is 10.2 Å². The quantitative estimate of drug-likeness (QED) is 0.745. The maximum Gasteiger partial charge on any atom is 0.238 e. The Labute approximate surface area is 144 Å². The molecule has 3 N–H and O–H groups in total. The summed E-state index contributed by atoms with van der Waals surface area (Å²) in [5.41, 5.74) is 1.68. The molecule has 0 radical (unpaired) electrons. The van der Waals surface area contributed by atoms with Crippen molar-refractivity contribution >= 4 is 67.9 Å². The van der Waals surface area contributed by atoms with Crippen molar-refractivity contribution in [2.75, 3.05) is 11.1 Å². The molecule has 1 heterocycles. The molecule has 0 aliphatic carbocycles. The molecule has 22 heavy (non-hydrogen) atoms. The molecular weight excluding hydrogens is 391 g/mol. The van der Waals surface area contributed by atoms with E-state index in [4.69, 9.17) is 28.3 Å². The predicted octanol–water partition coefficient (Wildman–Crippen LogP) is 2.22. The molecule has 0 aliphatic heterocycles. The first-order chi connectivity index (χ1) is 10.3. The maximum absolute atomic E-state index is 11.9. The van der Waals surface area contributed by atoms with Gasteiger partial charge in [-0.1, -0.05) is 46.3 Å². The Hall–Kier alpha value is -0.910. The lowest BCUT2D eigenvalue weighted by molar-refractivity contribution is -0.113. The minimum Gasteiger partial charge on any atom is -0.323 e. The molecule has 12 heteroatoms. The van der Waals surface area contributed by atoms with Crippen molar-refractivity contribution < 1.29 is 13.2 Å². The highest BCUT2D eigenvalue weighted by atomic mass is 35.5. The van der Waals surface area contributed by atoms with Crippen molar-refractivity contribution in [1.29, 1.82) is 0 Å². The van der Waals surface area contributed by atoms with Gasteiger partial charge in [0.05, 0.1) is 26.4 Å². The number of anilines is 1. The summed E-state index contributed by atoms with van der Waals surface area (Å²) < 4.78 is 23.2. The number of primary sulfonamides is 1. The zero-order valence-corrected chi connectivity index (χ0v) is 14.6. The molecule has 7 nitrogen and oxygen atoms in total. The summed E-state index contributed by atoms with van der Waals surface area (Å²) in [7, 11) is -3.93. The fraction of sp³-hybridized carbons (Fsp3) is 0.100. The van der Waals surface area contributed by atoms with E-state index in [1.807, 2.05) is 0 Å². The minimum absolute atomic E-state index is 0.0224. The fourth-order valence-electron chi connectivity index (χ4n) is 1.36. The van der Waals surface area contributed by atoms with Crippen LogP contribution in [0.3, 0.4) is 0 Å². The summed E-state index contributed by atoms with van der Waals surface area (Å²) in [5, 5.41) is 14.9. The molecule has 0 aliphatic rings. The lowest BCUT2D eigenvalue weighted by atomic mass is 10.3. The zero-order chi connectivity index (χ0) is 16.3. The van der Waals surface area contributed by atoms with Crippen LogP contribution >= 0.6 is 46.3 Å². The summed E-state index contributed by atoms with van der Waals surface area (Å²) in [6.07, 6.45) is 0. The average molecular weight is 399 g/mol. The van der Waals surface area contributed by atoms with Gasteiger partial charge < -0.3 is 5.32 Å². The normalized spacial score (nSPS) is 11.4. The second-order valence-electron chi connectivity index (χ2n) is 3.85. The van der Waals surface area contributed by atoms with Crippen LogP contribution in [0.1, 0.15) is 0 Å². The van der Waals surface area contributed by atoms with Gasteiger partial charge in [-0.2, -0.15) is 0 Å². The first-order valence-electron chi connectivity index (χ1n) is 5.48. The Kier molecular flexibility index (Phi) is 5.64. The summed E-state index contributed by atoms with van der Waals surface area (Å²) >= 11 is 14.4. The number of nitrogens with zero attached hydrogens (tertiary/aromatic N) is 2. The third-order valence-corrected chi connectivity index (χ3v) is 5.62. The van der Waals surface area contributed by atoms with Crippen LogP contribution in [-0.4, -0.2) is 30.3 Å². The second-order valence-corrected chi connectivity index (χ2v) is 8.28. The molecule has 1 amide bonds. The molecule has 0 saturated heterocycles. The average Bonchev–Trinajstić information content (AvgIpc) is 2.92. The van der Waals surface area contributed by atoms with Gasteiger partial charge in [0.15, 0.2) is 4.34 Å². The third-order valence-electron chi connectivity index (χ3n) is 2.28. The van der Waals surface area contributed by atoms with Gasteiger partial charge in [-0.3, -0.25) is 4.79 Å². The lowest BCUT2D eigenvalue weighted by Gasteiger charge is -2.10. The van der Waals surface area contributed by atoms with Gasteiger partial charge in [0, 0.05) is 0 Å². The summed E-state index contributed by atoms with van der Waals surface area (Å²) in [6.45, 7) is 0. The Morgan fingerprint density at radius 2 is 2.00 bits per heavy atom. The van der Waals surface area contributed by atoms with Gasteiger partial charge in [-0.05, 0) is 12.1 Å². The number of thioether (sulfide) groups is 1. The largest absolute Gasteiger partial charge is 0.323 e. The fourth-order valence-corrected chi connectivity index (χ4v) is 3.93. The van der Waals surface area contributed by atoms with E-state index in [-0.39, 0.29) is 32.3 Å². The standard InChI is InChI=1S/C10H8Cl2N4O3S3/c11-6-1-5(22(13,18)19)2-7(12)9(6)15-8(17)3-20-10-16-14-4-21-10/h1-2,4H,3H2,(H,15,17)(H2,13,18,19). The molecule has 2 aromatic rings. The summed E-state index contributed by atoms with van der Waals surface area (Å²) in [6, 6.07) is 2.24. The first-order valence-corrected chi connectivity index (χ1v) is 9.65. The van der Waals surface area contributed by atoms with Crippen molar-refractivity contribution in [3.63, 3.8) is 0 Å². The van der Waals surface area contributed by atoms with E-state index in [0.29, 0.717) is 4.34 Å². The summed E-state index contributed by atoms with van der Waals surface area (Å²) in [4.78, 5) is 11.6. The number of rotatable bonds is 5. The number of nitrogens with two attached hydrogens (primary N) is 1. The number of benzene rings is 1. The number of hydrogen-bond acceptors (Lipinski definition) is 7. The number of nitrogens with one attached hydrogen (secondary N) is 1. The predicted molar refractivity (Wildman–Crippen MR) is 87.1 cm³/mol. The van der Waals surface area contributed by atoms with Crippen LogP contribution in [0.25, 0.3) is 0 Å². The number of aromatic nitrogens is 2. The molecule has 0 spiro atoms. The molecular formula is C10H8Cl2N4O3S3. The third kappa shape index (κ3) is 4.54. The van der Waals surface area contributed by atoms with Crippen molar-refractivity contribution in [2.45, 2.75) is 9.24 Å². The zero-order valence-electron chi connectivity index (χ0n) is 10.6. The Bertz CT molecular complexity index is 773. The monoisotopic (exact) mass is 398 g/mol. The number of amides is 1. The van der Waals surface area contributed by atoms with Crippen LogP contribution < -0.4 is 10.5 Å². The molecule has 0 fully saturated rings. The van der Waals surface area contributed by atoms with Crippen LogP contribution in [0, 0.1) is 0 Å². The molecule has 0 bridgehead atoms. The Balaban J connectivity index is 2.11. The highest BCUT2D eigenvalue weighted by Crippen LogP contribution is 2.33. The van der Waals surface area contributed by atoms with Crippen molar-refractivity contribution in [3.8, 4) is 0 Å². The SMILES string of the molecule is NS(=O)(=O)c1cc(Cl)c(NC(=O)CSc2nncs2)c(Cl)c1. The highest BCUT2D eigenvalue weighted by molar-refractivity contribution is 8.01. The Morgan fingerprint density at radius 1 is 1.36 bits per heavy atom. The van der Waals surface area contributed by atoms with Gasteiger partial charge in [0.2, 0.25) is 15.9 Å². The van der Waals surface area contributed by atoms with Crippen molar-refractivity contribution in [3.05, 3.63) is 27.7 Å². The topological polar surface area (TPSA) is 115 Å². The van der Waals surface area contributed by atoms with Crippen LogP contribution in [0.2, 0.25) is 10.0 Å². The lowest BCUT2D eigenvalue weighted by Crippen LogP contribution is -2.16. The van der Waals surface area contributed by atoms with E-state index in [9.17, 15) is 13.2 Å². The number of sulfonamides is 1. The number of carbonyl (C=O) groups excluding carboxylic acids is 1. The van der Waals surface area contributed by atoms with E-state index in [0.717, 1.165) is 12.1 Å². The molecule has 0 atom stereocenters. The van der Waals surface area contributed by atoms with E-state index < -0.39 is 10.0 Å².